The van der Waals surface area contributed by atoms with Crippen LogP contribution in [-0.4, -0.2) is 44.6 Å². The van der Waals surface area contributed by atoms with E-state index in [0.29, 0.717) is 4.47 Å². The summed E-state index contributed by atoms with van der Waals surface area (Å²) in [7, 11) is 0. The predicted molar refractivity (Wildman–Crippen MR) is 74.8 cm³/mol. The Kier molecular flexibility index (Phi) is 9.59. The van der Waals surface area contributed by atoms with Gasteiger partial charge in [-0.05, 0) is 0 Å². The van der Waals surface area contributed by atoms with E-state index in [1.54, 1.807) is 20.8 Å². The van der Waals surface area contributed by atoms with Crippen molar-refractivity contribution in [1.29, 1.82) is 0 Å². The minimum absolute atomic E-state index is 0. The van der Waals surface area contributed by atoms with Crippen LogP contribution in [0.3, 0.4) is 0 Å². The van der Waals surface area contributed by atoms with E-state index in [4.69, 9.17) is 4.74 Å². The van der Waals surface area contributed by atoms with E-state index in [0.717, 1.165) is 3.61 Å². The molecule has 0 aliphatic rings. The minimum atomic E-state index is -1.28. The van der Waals surface area contributed by atoms with Crippen molar-refractivity contribution in [1.82, 2.24) is 5.32 Å². The number of carbonyl (C=O) groups excluding carboxylic acids is 2. The van der Waals surface area contributed by atoms with Crippen molar-refractivity contribution in [2.75, 3.05) is 0 Å². The summed E-state index contributed by atoms with van der Waals surface area (Å²) in [4.78, 5) is 22.6. The smallest absolute Gasteiger partial charge is 1.00 e. The van der Waals surface area contributed by atoms with E-state index >= 15 is 0 Å². The summed E-state index contributed by atoms with van der Waals surface area (Å²) >= 11 is -0.693. The molecule has 1 rings (SSSR count). The summed E-state index contributed by atoms with van der Waals surface area (Å²) in [5, 5.41) is 13.4. The third kappa shape index (κ3) is 9.38. The second-order valence-corrected chi connectivity index (χ2v) is 8.26. The Balaban J connectivity index is 0.00000400. The third-order valence-corrected chi connectivity index (χ3v) is 5.29. The summed E-state index contributed by atoms with van der Waals surface area (Å²) < 4.78 is 6.56. The summed E-state index contributed by atoms with van der Waals surface area (Å²) in [6.07, 6.45) is -0.729. The molecule has 0 unspecified atom stereocenters. The molecule has 0 heterocycles. The van der Waals surface area contributed by atoms with E-state index in [1.165, 1.54) is 0 Å². The standard InChI is InChI=1S/C14H19NO4Te.Na/c1-14(2,3)19-13(18)15-11(12(16)17)9-20-10-7-5-4-6-8-10;/h4-8,11H,9H2,1-3H3,(H,15,18)(H,16,17);/q;+1/p-1/t11-;/m0./s1. The number of hydrogen-bond acceptors (Lipinski definition) is 4. The van der Waals surface area contributed by atoms with Gasteiger partial charge in [-0.3, -0.25) is 0 Å². The molecule has 0 aliphatic heterocycles. The molecule has 0 spiro atoms. The van der Waals surface area contributed by atoms with Crippen molar-refractivity contribution in [3.63, 3.8) is 0 Å². The summed E-state index contributed by atoms with van der Waals surface area (Å²) in [6, 6.07) is 8.65. The number of hydrogen-bond donors (Lipinski definition) is 1. The van der Waals surface area contributed by atoms with E-state index in [9.17, 15) is 14.7 Å². The molecule has 5 nitrogen and oxygen atoms in total. The van der Waals surface area contributed by atoms with Gasteiger partial charge in [-0.2, -0.15) is 0 Å². The van der Waals surface area contributed by atoms with Crippen molar-refractivity contribution in [3.05, 3.63) is 30.3 Å². The molecule has 110 valence electrons. The average molecular weight is 415 g/mol. The first-order chi connectivity index (χ1) is 9.28. The van der Waals surface area contributed by atoms with Gasteiger partial charge in [0.15, 0.2) is 0 Å². The summed E-state index contributed by atoms with van der Waals surface area (Å²) in [6.45, 7) is 5.16. The Morgan fingerprint density at radius 1 is 1.29 bits per heavy atom. The normalized spacial score (nSPS) is 12.0. The van der Waals surface area contributed by atoms with E-state index < -0.39 is 44.6 Å². The first kappa shape index (κ1) is 20.7. The molecular weight excluding hydrogens is 397 g/mol. The predicted octanol–water partition coefficient (Wildman–Crippen LogP) is -2.92. The fourth-order valence-electron chi connectivity index (χ4n) is 1.31. The number of carboxylic acids is 1. The Hall–Kier alpha value is -0.250. The molecule has 1 N–H and O–H groups in total. The molecule has 1 amide bonds. The third-order valence-electron chi connectivity index (χ3n) is 2.14. The fourth-order valence-corrected chi connectivity index (χ4v) is 3.96. The SMILES string of the molecule is CC(C)(C)OC(=O)N[C@@H](C[Te]c1ccccc1)C(=O)[O-].[Na+]. The topological polar surface area (TPSA) is 78.5 Å². The number of amides is 1. The van der Waals surface area contributed by atoms with Crippen molar-refractivity contribution in [2.45, 2.75) is 36.9 Å². The molecule has 21 heavy (non-hydrogen) atoms. The molecule has 1 atom stereocenters. The fraction of sp³-hybridized carbons (Fsp3) is 0.429. The van der Waals surface area contributed by atoms with Crippen LogP contribution in [0.25, 0.3) is 0 Å². The van der Waals surface area contributed by atoms with Crippen LogP contribution in [0.4, 0.5) is 4.79 Å². The Labute approximate surface area is 157 Å². The van der Waals surface area contributed by atoms with Crippen LogP contribution in [0.1, 0.15) is 20.8 Å². The van der Waals surface area contributed by atoms with Crippen LogP contribution >= 0.6 is 0 Å². The molecule has 0 saturated carbocycles. The zero-order valence-corrected chi connectivity index (χ0v) is 17.0. The summed E-state index contributed by atoms with van der Waals surface area (Å²) in [5.41, 5.74) is -0.656. The second kappa shape index (κ2) is 9.70. The van der Waals surface area contributed by atoms with E-state index in [1.807, 2.05) is 30.3 Å². The van der Waals surface area contributed by atoms with Crippen molar-refractivity contribution < 1.29 is 49.0 Å². The van der Waals surface area contributed by atoms with E-state index in [-0.39, 0.29) is 29.6 Å². The first-order valence-electron chi connectivity index (χ1n) is 6.16. The molecular formula is C14H18NNaO4Te. The van der Waals surface area contributed by atoms with Gasteiger partial charge < -0.3 is 0 Å². The number of benzene rings is 1. The second-order valence-electron chi connectivity index (χ2n) is 5.14. The molecule has 0 radical (unpaired) electrons. The Bertz CT molecular complexity index is 462. The quantitative estimate of drug-likeness (QED) is 0.524. The van der Waals surface area contributed by atoms with Crippen molar-refractivity contribution >= 4 is 36.6 Å². The Morgan fingerprint density at radius 3 is 2.33 bits per heavy atom. The van der Waals surface area contributed by atoms with Crippen LogP contribution in [-0.2, 0) is 9.53 Å². The van der Waals surface area contributed by atoms with E-state index in [2.05, 4.69) is 5.32 Å². The molecule has 0 saturated heterocycles. The van der Waals surface area contributed by atoms with Gasteiger partial charge in [0.05, 0.1) is 0 Å². The molecule has 1 aromatic rings. The minimum Gasteiger partial charge on any atom is 1.00 e. The van der Waals surface area contributed by atoms with Crippen LogP contribution in [0.5, 0.6) is 0 Å². The van der Waals surface area contributed by atoms with Gasteiger partial charge in [-0.25, -0.2) is 0 Å². The average Bonchev–Trinajstić information content (AvgIpc) is 2.33. The van der Waals surface area contributed by atoms with Crippen LogP contribution in [0.15, 0.2) is 30.3 Å². The number of rotatable bonds is 5. The van der Waals surface area contributed by atoms with Gasteiger partial charge in [-0.15, -0.1) is 0 Å². The van der Waals surface area contributed by atoms with Gasteiger partial charge in [0.25, 0.3) is 0 Å². The molecule has 0 aliphatic carbocycles. The number of aliphatic carboxylic acids is 1. The molecule has 0 aromatic heterocycles. The molecule has 1 aromatic carbocycles. The molecule has 0 fully saturated rings. The number of alkyl carbamates (subject to hydrolysis) is 1. The number of ether oxygens (including phenoxy) is 1. The van der Waals surface area contributed by atoms with Gasteiger partial charge in [0, 0.05) is 0 Å². The maximum absolute atomic E-state index is 11.6. The largest absolute Gasteiger partial charge is 1.00 e. The summed E-state index contributed by atoms with van der Waals surface area (Å²) in [5.74, 6) is -1.28. The number of nitrogens with one attached hydrogen (secondary N) is 1. The monoisotopic (exact) mass is 417 g/mol. The van der Waals surface area contributed by atoms with Gasteiger partial charge >= 0.3 is 158 Å². The molecule has 0 bridgehead atoms. The van der Waals surface area contributed by atoms with Gasteiger partial charge in [0.2, 0.25) is 0 Å². The van der Waals surface area contributed by atoms with Crippen LogP contribution in [0, 0.1) is 0 Å². The number of carboxylic acid groups (broad SMARTS) is 1. The maximum Gasteiger partial charge on any atom is 1.00 e. The molecule has 7 heteroatoms. The van der Waals surface area contributed by atoms with Crippen molar-refractivity contribution in [3.8, 4) is 0 Å². The zero-order chi connectivity index (χ0) is 15.2. The zero-order valence-electron chi connectivity index (χ0n) is 12.7. The van der Waals surface area contributed by atoms with Crippen molar-refractivity contribution in [2.24, 2.45) is 0 Å². The number of carbonyl (C=O) groups is 2. The van der Waals surface area contributed by atoms with Crippen LogP contribution in [0.2, 0.25) is 4.47 Å². The van der Waals surface area contributed by atoms with Crippen LogP contribution < -0.4 is 43.6 Å². The van der Waals surface area contributed by atoms with Gasteiger partial charge in [0.1, 0.15) is 0 Å². The Morgan fingerprint density at radius 2 is 1.86 bits per heavy atom. The first-order valence-corrected chi connectivity index (χ1v) is 8.97. The maximum atomic E-state index is 11.6. The van der Waals surface area contributed by atoms with Gasteiger partial charge in [-0.1, -0.05) is 0 Å².